The van der Waals surface area contributed by atoms with Crippen LogP contribution in [-0.4, -0.2) is 53.1 Å². The van der Waals surface area contributed by atoms with Gasteiger partial charge in [-0.15, -0.1) is 0 Å². The molecule has 0 bridgehead atoms. The van der Waals surface area contributed by atoms with Crippen LogP contribution >= 0.6 is 0 Å². The van der Waals surface area contributed by atoms with Crippen molar-refractivity contribution in [2.45, 2.75) is 13.3 Å². The molecule has 0 amide bonds. The lowest BCUT2D eigenvalue weighted by molar-refractivity contribution is 0.0672. The second-order valence-corrected chi connectivity index (χ2v) is 4.51. The third-order valence-corrected chi connectivity index (χ3v) is 2.93. The maximum absolute atomic E-state index is 8.02. The number of morpholine rings is 1. The molecule has 0 saturated carbocycles. The zero-order valence-corrected chi connectivity index (χ0v) is 11.6. The average molecular weight is 276 g/mol. The van der Waals surface area contributed by atoms with E-state index in [1.165, 1.54) is 0 Å². The highest BCUT2D eigenvalue weighted by atomic mass is 16.5. The van der Waals surface area contributed by atoms with Gasteiger partial charge in [0, 0.05) is 19.2 Å². The van der Waals surface area contributed by atoms with Crippen LogP contribution in [0.25, 0.3) is 6.08 Å². The standard InChI is InChI=1S/C13H20N6O/c1-2-3-10-8-13(18-17-10)16-11(14)9-12(15)19-4-6-20-7-5-19/h2-3,8,15H,4-7,9H2,1H3,(H3,14,16,17,18)/b3-2-,15-12?. The molecule has 1 fully saturated rings. The van der Waals surface area contributed by atoms with Gasteiger partial charge in [-0.2, -0.15) is 5.10 Å². The molecule has 108 valence electrons. The predicted molar refractivity (Wildman–Crippen MR) is 79.3 cm³/mol. The van der Waals surface area contributed by atoms with Gasteiger partial charge in [-0.1, -0.05) is 6.08 Å². The molecular formula is C13H20N6O. The first kappa shape index (κ1) is 14.3. The van der Waals surface area contributed by atoms with Crippen molar-refractivity contribution < 1.29 is 4.74 Å². The topological polar surface area (TPSA) is 103 Å². The van der Waals surface area contributed by atoms with Crippen molar-refractivity contribution in [1.29, 1.82) is 5.41 Å². The summed E-state index contributed by atoms with van der Waals surface area (Å²) in [4.78, 5) is 6.18. The van der Waals surface area contributed by atoms with E-state index in [1.807, 2.05) is 30.0 Å². The number of nitrogens with two attached hydrogens (primary N) is 1. The third kappa shape index (κ3) is 3.92. The molecule has 1 aliphatic rings. The van der Waals surface area contributed by atoms with E-state index in [0.29, 0.717) is 37.1 Å². The molecule has 4 N–H and O–H groups in total. The van der Waals surface area contributed by atoms with Gasteiger partial charge in [0.1, 0.15) is 11.7 Å². The van der Waals surface area contributed by atoms with Crippen LogP contribution in [0.1, 0.15) is 19.0 Å². The van der Waals surface area contributed by atoms with E-state index in [0.717, 1.165) is 18.8 Å². The van der Waals surface area contributed by atoms with E-state index >= 15 is 0 Å². The fourth-order valence-electron chi connectivity index (χ4n) is 1.95. The number of ether oxygens (including phenoxy) is 1. The van der Waals surface area contributed by atoms with Crippen LogP contribution in [0.3, 0.4) is 0 Å². The number of nitrogens with one attached hydrogen (secondary N) is 2. The molecule has 0 radical (unpaired) electrons. The van der Waals surface area contributed by atoms with Crippen LogP contribution in [0.5, 0.6) is 0 Å². The van der Waals surface area contributed by atoms with Crippen molar-refractivity contribution in [2.24, 2.45) is 10.7 Å². The number of allylic oxidation sites excluding steroid dienone is 1. The number of H-pyrrole nitrogens is 1. The second-order valence-electron chi connectivity index (χ2n) is 4.51. The molecular weight excluding hydrogens is 256 g/mol. The molecule has 0 unspecified atom stereocenters. The summed E-state index contributed by atoms with van der Waals surface area (Å²) < 4.78 is 5.26. The SMILES string of the molecule is C/C=C\c1cc(N=C(N)CC(=N)N2CCOCC2)n[nH]1. The minimum absolute atomic E-state index is 0.325. The van der Waals surface area contributed by atoms with Gasteiger partial charge >= 0.3 is 0 Å². The van der Waals surface area contributed by atoms with Gasteiger partial charge in [0.15, 0.2) is 5.82 Å². The van der Waals surface area contributed by atoms with Gasteiger partial charge in [0.25, 0.3) is 0 Å². The summed E-state index contributed by atoms with van der Waals surface area (Å²) >= 11 is 0. The van der Waals surface area contributed by atoms with Gasteiger partial charge < -0.3 is 15.4 Å². The molecule has 7 nitrogen and oxygen atoms in total. The lowest BCUT2D eigenvalue weighted by Gasteiger charge is -2.28. The first-order chi connectivity index (χ1) is 9.69. The maximum atomic E-state index is 8.02. The molecule has 2 heterocycles. The van der Waals surface area contributed by atoms with Crippen LogP contribution in [0, 0.1) is 5.41 Å². The molecule has 0 atom stereocenters. The second kappa shape index (κ2) is 6.85. The summed E-state index contributed by atoms with van der Waals surface area (Å²) in [5.41, 5.74) is 6.75. The van der Waals surface area contributed by atoms with Gasteiger partial charge in [0.2, 0.25) is 0 Å². The summed E-state index contributed by atoms with van der Waals surface area (Å²) in [5.74, 6) is 1.39. The van der Waals surface area contributed by atoms with Crippen molar-refractivity contribution >= 4 is 23.6 Å². The van der Waals surface area contributed by atoms with Crippen LogP contribution in [0.2, 0.25) is 0 Å². The van der Waals surface area contributed by atoms with Crippen molar-refractivity contribution in [2.75, 3.05) is 26.3 Å². The molecule has 1 aromatic heterocycles. The summed E-state index contributed by atoms with van der Waals surface area (Å²) in [5, 5.41) is 14.9. The number of nitrogens with zero attached hydrogens (tertiary/aromatic N) is 3. The first-order valence-corrected chi connectivity index (χ1v) is 6.60. The van der Waals surface area contributed by atoms with Crippen molar-refractivity contribution in [3.05, 3.63) is 17.8 Å². The van der Waals surface area contributed by atoms with Crippen LogP contribution in [0.4, 0.5) is 5.82 Å². The molecule has 2 rings (SSSR count). The summed E-state index contributed by atoms with van der Waals surface area (Å²) in [6, 6.07) is 1.81. The number of rotatable bonds is 4. The van der Waals surface area contributed by atoms with E-state index in [1.54, 1.807) is 0 Å². The Balaban J connectivity index is 1.93. The van der Waals surface area contributed by atoms with Gasteiger partial charge in [-0.3, -0.25) is 10.5 Å². The molecule has 0 aliphatic carbocycles. The minimum atomic E-state index is 0.325. The number of aliphatic imine (C=N–C) groups is 1. The van der Waals surface area contributed by atoms with Gasteiger partial charge in [-0.25, -0.2) is 4.99 Å². The first-order valence-electron chi connectivity index (χ1n) is 6.60. The predicted octanol–water partition coefficient (Wildman–Crippen LogP) is 1.13. The number of hydrogen-bond donors (Lipinski definition) is 3. The lowest BCUT2D eigenvalue weighted by atomic mass is 10.3. The fourth-order valence-corrected chi connectivity index (χ4v) is 1.95. The Labute approximate surface area is 118 Å². The summed E-state index contributed by atoms with van der Waals surface area (Å²) in [6.07, 6.45) is 4.14. The van der Waals surface area contributed by atoms with Crippen LogP contribution in [0.15, 0.2) is 17.1 Å². The molecule has 7 heteroatoms. The summed E-state index contributed by atoms with van der Waals surface area (Å²) in [7, 11) is 0. The quantitative estimate of drug-likeness (QED) is 0.566. The number of aromatic amines is 1. The summed E-state index contributed by atoms with van der Waals surface area (Å²) in [6.45, 7) is 4.72. The van der Waals surface area contributed by atoms with E-state index in [-0.39, 0.29) is 0 Å². The largest absolute Gasteiger partial charge is 0.387 e. The zero-order chi connectivity index (χ0) is 14.4. The smallest absolute Gasteiger partial charge is 0.175 e. The normalized spacial score (nSPS) is 16.9. The molecule has 0 spiro atoms. The average Bonchev–Trinajstić information content (AvgIpc) is 2.87. The highest BCUT2D eigenvalue weighted by Crippen LogP contribution is 2.11. The monoisotopic (exact) mass is 276 g/mol. The van der Waals surface area contributed by atoms with Gasteiger partial charge in [0.05, 0.1) is 25.3 Å². The van der Waals surface area contributed by atoms with Crippen LogP contribution in [-0.2, 0) is 4.74 Å². The van der Waals surface area contributed by atoms with E-state index in [2.05, 4.69) is 15.2 Å². The van der Waals surface area contributed by atoms with E-state index in [9.17, 15) is 0 Å². The fraction of sp³-hybridized carbons (Fsp3) is 0.462. The zero-order valence-electron chi connectivity index (χ0n) is 11.6. The van der Waals surface area contributed by atoms with Gasteiger partial charge in [-0.05, 0) is 13.0 Å². The van der Waals surface area contributed by atoms with Crippen molar-refractivity contribution in [3.63, 3.8) is 0 Å². The highest BCUT2D eigenvalue weighted by molar-refractivity contribution is 6.01. The van der Waals surface area contributed by atoms with E-state index in [4.69, 9.17) is 15.9 Å². The Morgan fingerprint density at radius 1 is 1.60 bits per heavy atom. The van der Waals surface area contributed by atoms with Crippen LogP contribution < -0.4 is 5.73 Å². The molecule has 1 saturated heterocycles. The van der Waals surface area contributed by atoms with E-state index < -0.39 is 0 Å². The lowest BCUT2D eigenvalue weighted by Crippen LogP contribution is -2.41. The Bertz CT molecular complexity index is 513. The Kier molecular flexibility index (Phi) is 4.89. The molecule has 20 heavy (non-hydrogen) atoms. The molecule has 1 aromatic rings. The highest BCUT2D eigenvalue weighted by Gasteiger charge is 2.14. The third-order valence-electron chi connectivity index (χ3n) is 2.93. The Hall–Kier alpha value is -2.15. The van der Waals surface area contributed by atoms with Crippen molar-refractivity contribution in [1.82, 2.24) is 15.1 Å². The molecule has 0 aromatic carbocycles. The maximum Gasteiger partial charge on any atom is 0.175 e. The number of aromatic nitrogens is 2. The number of hydrogen-bond acceptors (Lipinski definition) is 4. The Morgan fingerprint density at radius 2 is 2.35 bits per heavy atom. The Morgan fingerprint density at radius 3 is 3.05 bits per heavy atom. The minimum Gasteiger partial charge on any atom is -0.387 e. The molecule has 1 aliphatic heterocycles. The van der Waals surface area contributed by atoms with Crippen molar-refractivity contribution in [3.8, 4) is 0 Å². The number of amidine groups is 2.